The van der Waals surface area contributed by atoms with Gasteiger partial charge in [-0.15, -0.1) is 0 Å². The van der Waals surface area contributed by atoms with Crippen molar-refractivity contribution in [3.63, 3.8) is 0 Å². The summed E-state index contributed by atoms with van der Waals surface area (Å²) in [5, 5.41) is 9.42. The highest BCUT2D eigenvalue weighted by Crippen LogP contribution is 2.51. The largest absolute Gasteiger partial charge is 0.480 e. The Morgan fingerprint density at radius 2 is 1.90 bits per heavy atom. The van der Waals surface area contributed by atoms with Crippen molar-refractivity contribution >= 4 is 51.0 Å². The summed E-state index contributed by atoms with van der Waals surface area (Å²) in [4.78, 5) is 38.0. The summed E-state index contributed by atoms with van der Waals surface area (Å²) in [5.74, 6) is -2.14. The van der Waals surface area contributed by atoms with Crippen LogP contribution in [0, 0.1) is 0 Å². The summed E-state index contributed by atoms with van der Waals surface area (Å²) in [6.45, 7) is 0. The second kappa shape index (κ2) is 6.86. The predicted octanol–water partition coefficient (Wildman–Crippen LogP) is 3.89. The Morgan fingerprint density at radius 1 is 1.14 bits per heavy atom. The maximum atomic E-state index is 12.9. The molecule has 6 nitrogen and oxygen atoms in total. The normalized spacial score (nSPS) is 22.2. The molecule has 2 aliphatic heterocycles. The van der Waals surface area contributed by atoms with Gasteiger partial charge in [0, 0.05) is 4.47 Å². The molecule has 9 heteroatoms. The molecule has 0 amide bonds. The van der Waals surface area contributed by atoms with Gasteiger partial charge in [-0.2, -0.15) is 0 Å². The van der Waals surface area contributed by atoms with Gasteiger partial charge >= 0.3 is 16.8 Å². The number of para-hydroxylation sites is 1. The van der Waals surface area contributed by atoms with Crippen LogP contribution in [0.1, 0.15) is 26.7 Å². The zero-order valence-electron chi connectivity index (χ0n) is 14.6. The van der Waals surface area contributed by atoms with Crippen molar-refractivity contribution in [2.24, 2.45) is 0 Å². The van der Waals surface area contributed by atoms with E-state index in [1.54, 1.807) is 16.7 Å². The van der Waals surface area contributed by atoms with Gasteiger partial charge in [0.15, 0.2) is 0 Å². The lowest BCUT2D eigenvalue weighted by Gasteiger charge is -2.39. The number of benzene rings is 2. The molecule has 3 heterocycles. The lowest BCUT2D eigenvalue weighted by atomic mass is 9.84. The van der Waals surface area contributed by atoms with E-state index in [2.05, 4.69) is 15.9 Å². The fourth-order valence-electron chi connectivity index (χ4n) is 3.80. The van der Waals surface area contributed by atoms with Gasteiger partial charge < -0.3 is 9.84 Å². The molecule has 0 saturated carbocycles. The lowest BCUT2D eigenvalue weighted by Crippen LogP contribution is -2.45. The van der Waals surface area contributed by atoms with Crippen LogP contribution in [-0.4, -0.2) is 33.0 Å². The molecule has 0 saturated heterocycles. The Balaban J connectivity index is 1.79. The highest BCUT2D eigenvalue weighted by Gasteiger charge is 2.50. The van der Waals surface area contributed by atoms with Gasteiger partial charge in [-0.25, -0.2) is 4.79 Å². The van der Waals surface area contributed by atoms with Crippen LogP contribution in [0.5, 0.6) is 0 Å². The second-order valence-corrected chi connectivity index (χ2v) is 9.70. The first-order valence-electron chi connectivity index (χ1n) is 8.67. The first-order valence-corrected chi connectivity index (χ1v) is 11.2. The molecule has 5 rings (SSSR count). The minimum Gasteiger partial charge on any atom is -0.480 e. The van der Waals surface area contributed by atoms with Crippen LogP contribution in [0.4, 0.5) is 0 Å². The number of carbonyl (C=O) groups is 2. The number of hydrogen-bond acceptors (Lipinski definition) is 6. The van der Waals surface area contributed by atoms with Crippen molar-refractivity contribution in [1.29, 1.82) is 0 Å². The summed E-state index contributed by atoms with van der Waals surface area (Å²) >= 11 is 5.56. The Morgan fingerprint density at radius 3 is 2.62 bits per heavy atom. The quantitative estimate of drug-likeness (QED) is 0.549. The molecule has 0 fully saturated rings. The summed E-state index contributed by atoms with van der Waals surface area (Å²) in [5.41, 5.74) is 1.74. The average molecular weight is 490 g/mol. The Labute approximate surface area is 181 Å². The molecule has 2 aromatic carbocycles. The third-order valence-corrected chi connectivity index (χ3v) is 8.01. The molecule has 3 aromatic rings. The summed E-state index contributed by atoms with van der Waals surface area (Å²) in [6.07, 6.45) is -0.887. The fourth-order valence-corrected chi connectivity index (χ4v) is 6.77. The molecule has 1 N–H and O–H groups in total. The summed E-state index contributed by atoms with van der Waals surface area (Å²) in [7, 11) is 0. The Kier molecular flexibility index (Phi) is 4.41. The number of fused-ring (bicyclic) bond motifs is 5. The smallest absolute Gasteiger partial charge is 0.338 e. The van der Waals surface area contributed by atoms with Crippen molar-refractivity contribution in [2.75, 3.05) is 0 Å². The monoisotopic (exact) mass is 489 g/mol. The average Bonchev–Trinajstić information content (AvgIpc) is 3.03. The minimum absolute atomic E-state index is 0.202. The van der Waals surface area contributed by atoms with E-state index in [4.69, 9.17) is 4.74 Å². The van der Waals surface area contributed by atoms with Crippen molar-refractivity contribution in [2.45, 2.75) is 22.3 Å². The SMILES string of the molecule is O=C1O[C@@H]2[C@H](c3cc(Br)ccc31)c1sc(=O)n(-c3ccccc3)c1S[C@H]2C(=O)O. The number of ether oxygens (including phenoxy) is 1. The van der Waals surface area contributed by atoms with E-state index >= 15 is 0 Å². The van der Waals surface area contributed by atoms with Gasteiger partial charge in [0.1, 0.15) is 11.4 Å². The Hall–Kier alpha value is -2.36. The van der Waals surface area contributed by atoms with Crippen LogP contribution >= 0.6 is 39.0 Å². The van der Waals surface area contributed by atoms with Gasteiger partial charge in [-0.05, 0) is 35.9 Å². The van der Waals surface area contributed by atoms with E-state index in [0.717, 1.165) is 32.4 Å². The number of halogens is 1. The van der Waals surface area contributed by atoms with Crippen LogP contribution in [0.25, 0.3) is 5.69 Å². The highest BCUT2D eigenvalue weighted by atomic mass is 79.9. The van der Waals surface area contributed by atoms with E-state index in [1.807, 2.05) is 36.4 Å². The molecule has 0 spiro atoms. The number of aliphatic carboxylic acids is 1. The lowest BCUT2D eigenvalue weighted by molar-refractivity contribution is -0.138. The molecular weight excluding hydrogens is 478 g/mol. The van der Waals surface area contributed by atoms with Crippen LogP contribution < -0.4 is 4.87 Å². The number of rotatable bonds is 2. The predicted molar refractivity (Wildman–Crippen MR) is 112 cm³/mol. The van der Waals surface area contributed by atoms with Crippen molar-refractivity contribution in [3.05, 3.63) is 78.7 Å². The number of nitrogens with zero attached hydrogens (tertiary/aromatic N) is 1. The highest BCUT2D eigenvalue weighted by molar-refractivity contribution is 9.10. The molecule has 146 valence electrons. The third-order valence-electron chi connectivity index (χ3n) is 5.01. The van der Waals surface area contributed by atoms with E-state index in [0.29, 0.717) is 21.8 Å². The van der Waals surface area contributed by atoms with E-state index in [-0.39, 0.29) is 4.87 Å². The number of carboxylic acids is 1. The fraction of sp³-hybridized carbons (Fsp3) is 0.150. The van der Waals surface area contributed by atoms with Crippen molar-refractivity contribution in [3.8, 4) is 5.69 Å². The number of thiazole rings is 1. The van der Waals surface area contributed by atoms with Gasteiger partial charge in [0.05, 0.1) is 27.1 Å². The van der Waals surface area contributed by atoms with Crippen LogP contribution in [0.3, 0.4) is 0 Å². The van der Waals surface area contributed by atoms with Gasteiger partial charge in [0.2, 0.25) is 0 Å². The standard InChI is InChI=1S/C20H12BrNO5S2/c21-9-6-7-11-12(8-9)13-14(27-19(11)25)16(18(23)24)28-17-15(13)29-20(26)22(17)10-4-2-1-3-5-10/h1-8,13-14,16H,(H,23,24)/t13-,14+,16+/m0/s1. The second-order valence-electron chi connectivity index (χ2n) is 6.66. The number of thioether (sulfide) groups is 1. The van der Waals surface area contributed by atoms with E-state index < -0.39 is 29.2 Å². The maximum absolute atomic E-state index is 12.9. The first kappa shape index (κ1) is 18.7. The first-order chi connectivity index (χ1) is 14.0. The van der Waals surface area contributed by atoms with E-state index in [1.165, 1.54) is 0 Å². The number of carbonyl (C=O) groups excluding carboxylic acids is 1. The zero-order chi connectivity index (χ0) is 20.3. The van der Waals surface area contributed by atoms with Gasteiger partial charge in [-0.1, -0.05) is 57.2 Å². The van der Waals surface area contributed by atoms with Crippen molar-refractivity contribution in [1.82, 2.24) is 4.57 Å². The molecule has 3 atom stereocenters. The van der Waals surface area contributed by atoms with Crippen molar-refractivity contribution < 1.29 is 19.4 Å². The molecule has 0 aliphatic carbocycles. The molecule has 2 aliphatic rings. The molecule has 0 radical (unpaired) electrons. The summed E-state index contributed by atoms with van der Waals surface area (Å²) < 4.78 is 7.90. The molecule has 0 unspecified atom stereocenters. The van der Waals surface area contributed by atoms with Gasteiger partial charge in [-0.3, -0.25) is 14.2 Å². The van der Waals surface area contributed by atoms with Crippen LogP contribution in [0.15, 0.2) is 62.8 Å². The number of hydrogen-bond donors (Lipinski definition) is 1. The molecule has 0 bridgehead atoms. The topological polar surface area (TPSA) is 85.6 Å². The van der Waals surface area contributed by atoms with E-state index in [9.17, 15) is 19.5 Å². The zero-order valence-corrected chi connectivity index (χ0v) is 17.8. The third kappa shape index (κ3) is 2.87. The summed E-state index contributed by atoms with van der Waals surface area (Å²) in [6, 6.07) is 14.3. The van der Waals surface area contributed by atoms with Gasteiger partial charge in [0.25, 0.3) is 0 Å². The maximum Gasteiger partial charge on any atom is 0.338 e. The molecule has 29 heavy (non-hydrogen) atoms. The number of esters is 1. The number of carboxylic acid groups (broad SMARTS) is 1. The Bertz CT molecular complexity index is 1220. The minimum atomic E-state index is -1.08. The number of aromatic nitrogens is 1. The molecular formula is C20H12BrNO5S2. The molecule has 1 aromatic heterocycles. The van der Waals surface area contributed by atoms with Crippen LogP contribution in [0.2, 0.25) is 0 Å². The van der Waals surface area contributed by atoms with Crippen LogP contribution in [-0.2, 0) is 9.53 Å².